The van der Waals surface area contributed by atoms with Crippen molar-refractivity contribution in [2.24, 2.45) is 7.05 Å². The van der Waals surface area contributed by atoms with Crippen LogP contribution in [-0.4, -0.2) is 58.3 Å². The third-order valence-electron chi connectivity index (χ3n) is 5.83. The van der Waals surface area contributed by atoms with E-state index in [1.54, 1.807) is 16.8 Å². The Morgan fingerprint density at radius 1 is 0.939 bits per heavy atom. The number of aryl methyl sites for hydroxylation is 1. The second-order valence-electron chi connectivity index (χ2n) is 8.02. The van der Waals surface area contributed by atoms with Crippen LogP contribution in [0.1, 0.15) is 5.56 Å². The summed E-state index contributed by atoms with van der Waals surface area (Å²) < 4.78 is 33.3. The highest BCUT2D eigenvalue weighted by Crippen LogP contribution is 2.26. The molecule has 0 bridgehead atoms. The van der Waals surface area contributed by atoms with Crippen LogP contribution in [0.2, 0.25) is 5.02 Å². The average Bonchev–Trinajstić information content (AvgIpc) is 3.44. The molecule has 1 aliphatic rings. The summed E-state index contributed by atoms with van der Waals surface area (Å²) in [6.07, 6.45) is 7.61. The van der Waals surface area contributed by atoms with Gasteiger partial charge in [-0.25, -0.2) is 4.52 Å². The molecule has 4 aromatic rings. The lowest BCUT2D eigenvalue weighted by molar-refractivity contribution is 0.378. The fourth-order valence-corrected chi connectivity index (χ4v) is 5.29. The number of benzene rings is 1. The molecule has 33 heavy (non-hydrogen) atoms. The van der Waals surface area contributed by atoms with Crippen molar-refractivity contribution in [3.8, 4) is 11.1 Å². The highest BCUT2D eigenvalue weighted by atomic mass is 35.5. The maximum atomic E-state index is 12.8. The van der Waals surface area contributed by atoms with E-state index in [1.165, 1.54) is 4.31 Å². The third kappa shape index (κ3) is 4.60. The number of hydrogen-bond donors (Lipinski definition) is 1. The van der Waals surface area contributed by atoms with E-state index in [4.69, 9.17) is 11.6 Å². The van der Waals surface area contributed by atoms with Crippen LogP contribution in [-0.2, 0) is 23.8 Å². The first kappa shape index (κ1) is 21.9. The topological polar surface area (TPSA) is 87.8 Å². The van der Waals surface area contributed by atoms with Gasteiger partial charge in [0.05, 0.1) is 23.6 Å². The minimum atomic E-state index is -3.57. The Hall–Kier alpha value is -2.92. The van der Waals surface area contributed by atoms with Crippen molar-refractivity contribution in [3.63, 3.8) is 0 Å². The number of halogens is 1. The maximum absolute atomic E-state index is 12.8. The van der Waals surface area contributed by atoms with Gasteiger partial charge in [-0.1, -0.05) is 29.8 Å². The number of fused-ring (bicyclic) bond motifs is 1. The molecule has 1 aromatic carbocycles. The molecule has 4 heterocycles. The summed E-state index contributed by atoms with van der Waals surface area (Å²) >= 11 is 5.89. The van der Waals surface area contributed by atoms with Crippen molar-refractivity contribution in [3.05, 3.63) is 71.8 Å². The Morgan fingerprint density at radius 2 is 1.70 bits per heavy atom. The third-order valence-corrected chi connectivity index (χ3v) is 7.63. The number of pyridine rings is 1. The first-order valence-corrected chi connectivity index (χ1v) is 12.4. The second-order valence-corrected chi connectivity index (χ2v) is 10.2. The minimum Gasteiger partial charge on any atom is -0.366 e. The van der Waals surface area contributed by atoms with Gasteiger partial charge < -0.3 is 4.90 Å². The molecule has 0 aliphatic carbocycles. The molecular formula is C22H24ClN7O2S. The largest absolute Gasteiger partial charge is 0.366 e. The van der Waals surface area contributed by atoms with E-state index < -0.39 is 10.2 Å². The molecule has 1 aliphatic heterocycles. The Bertz CT molecular complexity index is 1370. The molecule has 9 nitrogen and oxygen atoms in total. The lowest BCUT2D eigenvalue weighted by atomic mass is 10.1. The normalized spacial score (nSPS) is 15.4. The number of nitrogens with zero attached hydrogens (tertiary/aromatic N) is 6. The molecule has 1 fully saturated rings. The predicted octanol–water partition coefficient (Wildman–Crippen LogP) is 2.54. The Kier molecular flexibility index (Phi) is 5.83. The first-order valence-electron chi connectivity index (χ1n) is 10.6. The van der Waals surface area contributed by atoms with Crippen molar-refractivity contribution in [2.75, 3.05) is 31.1 Å². The first-order chi connectivity index (χ1) is 15.9. The second kappa shape index (κ2) is 8.79. The van der Waals surface area contributed by atoms with Gasteiger partial charge in [0.15, 0.2) is 0 Å². The number of hydrogen-bond acceptors (Lipinski definition) is 5. The van der Waals surface area contributed by atoms with E-state index >= 15 is 0 Å². The van der Waals surface area contributed by atoms with Crippen LogP contribution in [0.4, 0.5) is 5.69 Å². The van der Waals surface area contributed by atoms with Crippen molar-refractivity contribution in [1.29, 1.82) is 0 Å². The van der Waals surface area contributed by atoms with Crippen LogP contribution in [0.5, 0.6) is 0 Å². The summed E-state index contributed by atoms with van der Waals surface area (Å²) in [6, 6.07) is 11.2. The zero-order valence-corrected chi connectivity index (χ0v) is 19.7. The summed E-state index contributed by atoms with van der Waals surface area (Å²) in [5.74, 6) is 0. The molecule has 1 saturated heterocycles. The van der Waals surface area contributed by atoms with Gasteiger partial charge in [-0.2, -0.15) is 27.6 Å². The van der Waals surface area contributed by atoms with E-state index in [0.717, 1.165) is 27.9 Å². The number of piperazine rings is 1. The van der Waals surface area contributed by atoms with Crippen LogP contribution < -0.4 is 9.62 Å². The van der Waals surface area contributed by atoms with E-state index in [1.807, 2.05) is 54.5 Å². The molecule has 1 N–H and O–H groups in total. The van der Waals surface area contributed by atoms with Gasteiger partial charge in [0.1, 0.15) is 0 Å². The Morgan fingerprint density at radius 3 is 2.39 bits per heavy atom. The van der Waals surface area contributed by atoms with Crippen molar-refractivity contribution >= 4 is 33.0 Å². The van der Waals surface area contributed by atoms with Crippen molar-refractivity contribution in [2.45, 2.75) is 6.54 Å². The van der Waals surface area contributed by atoms with Crippen LogP contribution in [0, 0.1) is 0 Å². The Labute approximate surface area is 197 Å². The minimum absolute atomic E-state index is 0.229. The molecule has 0 radical (unpaired) electrons. The van der Waals surface area contributed by atoms with Crippen LogP contribution in [0.25, 0.3) is 16.6 Å². The summed E-state index contributed by atoms with van der Waals surface area (Å²) in [5.41, 5.74) is 4.91. The number of anilines is 1. The lowest BCUT2D eigenvalue weighted by Crippen LogP contribution is -2.51. The van der Waals surface area contributed by atoms with E-state index in [9.17, 15) is 8.42 Å². The van der Waals surface area contributed by atoms with Gasteiger partial charge >= 0.3 is 0 Å². The van der Waals surface area contributed by atoms with E-state index in [-0.39, 0.29) is 6.54 Å². The predicted molar refractivity (Wildman–Crippen MR) is 128 cm³/mol. The molecule has 5 rings (SSSR count). The van der Waals surface area contributed by atoms with Gasteiger partial charge in [0, 0.05) is 68.3 Å². The molecule has 3 aromatic heterocycles. The zero-order chi connectivity index (χ0) is 23.0. The fraction of sp³-hybridized carbons (Fsp3) is 0.273. The Balaban J connectivity index is 1.24. The molecule has 11 heteroatoms. The quantitative estimate of drug-likeness (QED) is 0.453. The molecule has 0 spiro atoms. The van der Waals surface area contributed by atoms with Crippen molar-refractivity contribution in [1.82, 2.24) is 28.4 Å². The van der Waals surface area contributed by atoms with Gasteiger partial charge in [-0.05, 0) is 23.8 Å². The summed E-state index contributed by atoms with van der Waals surface area (Å²) in [7, 11) is -1.68. The van der Waals surface area contributed by atoms with Gasteiger partial charge in [-0.3, -0.25) is 4.68 Å². The fourth-order valence-electron chi connectivity index (χ4n) is 3.99. The highest BCUT2D eigenvalue weighted by Gasteiger charge is 2.27. The standard InChI is InChI=1S/C22H24ClN7O2S/c1-27-15-19(13-24-27)18-4-7-21-22(14-25-30(21)16-18)28-8-10-29(11-9-28)33(31,32)26-12-17-2-5-20(23)6-3-17/h2-7,13-16,26H,8-12H2,1H3. The van der Waals surface area contributed by atoms with Crippen LogP contribution >= 0.6 is 11.6 Å². The molecule has 172 valence electrons. The number of nitrogens with one attached hydrogen (secondary N) is 1. The highest BCUT2D eigenvalue weighted by molar-refractivity contribution is 7.87. The van der Waals surface area contributed by atoms with Gasteiger partial charge in [0.25, 0.3) is 10.2 Å². The zero-order valence-electron chi connectivity index (χ0n) is 18.1. The number of rotatable bonds is 6. The van der Waals surface area contributed by atoms with E-state index in [2.05, 4.69) is 25.9 Å². The summed E-state index contributed by atoms with van der Waals surface area (Å²) in [6.45, 7) is 2.22. The maximum Gasteiger partial charge on any atom is 0.279 e. The number of aromatic nitrogens is 4. The van der Waals surface area contributed by atoms with Crippen LogP contribution in [0.15, 0.2) is 61.2 Å². The summed E-state index contributed by atoms with van der Waals surface area (Å²) in [4.78, 5) is 2.18. The molecule has 0 unspecified atom stereocenters. The molecule has 0 atom stereocenters. The molecule has 0 saturated carbocycles. The smallest absolute Gasteiger partial charge is 0.279 e. The van der Waals surface area contributed by atoms with Crippen molar-refractivity contribution < 1.29 is 8.42 Å². The van der Waals surface area contributed by atoms with E-state index in [0.29, 0.717) is 31.2 Å². The van der Waals surface area contributed by atoms with Gasteiger partial charge in [0.2, 0.25) is 0 Å². The summed E-state index contributed by atoms with van der Waals surface area (Å²) in [5, 5.41) is 9.37. The molecule has 0 amide bonds. The lowest BCUT2D eigenvalue weighted by Gasteiger charge is -2.34. The molecular weight excluding hydrogens is 462 g/mol. The average molecular weight is 486 g/mol. The monoisotopic (exact) mass is 485 g/mol. The van der Waals surface area contributed by atoms with Gasteiger partial charge in [-0.15, -0.1) is 0 Å². The SMILES string of the molecule is Cn1cc(-c2ccc3c(N4CCN(S(=O)(=O)NCc5ccc(Cl)cc5)CC4)cnn3c2)cn1. The van der Waals surface area contributed by atoms with Crippen LogP contribution in [0.3, 0.4) is 0 Å².